The zero-order chi connectivity index (χ0) is 12.7. The lowest BCUT2D eigenvalue weighted by molar-refractivity contribution is 0.518. The fourth-order valence-corrected chi connectivity index (χ4v) is 2.45. The van der Waals surface area contributed by atoms with Crippen LogP contribution in [0.15, 0.2) is 50.2 Å². The molecule has 0 aliphatic heterocycles. The summed E-state index contributed by atoms with van der Waals surface area (Å²) < 4.78 is 12.0. The van der Waals surface area contributed by atoms with Crippen LogP contribution >= 0.6 is 15.9 Å². The summed E-state index contributed by atoms with van der Waals surface area (Å²) in [5.74, 6) is 0.457. The quantitative estimate of drug-likeness (QED) is 0.683. The van der Waals surface area contributed by atoms with Gasteiger partial charge in [0.15, 0.2) is 5.58 Å². The Morgan fingerprint density at radius 3 is 2.89 bits per heavy atom. The predicted octanol–water partition coefficient (Wildman–Crippen LogP) is 3.21. The average molecular weight is 308 g/mol. The van der Waals surface area contributed by atoms with Crippen LogP contribution in [0.3, 0.4) is 0 Å². The lowest BCUT2D eigenvalue weighted by atomic mass is 10.1. The van der Waals surface area contributed by atoms with Crippen molar-refractivity contribution in [2.75, 3.05) is 0 Å². The molecule has 3 aromatic rings. The zero-order valence-electron chi connectivity index (χ0n) is 9.59. The molecule has 2 aromatic heterocycles. The van der Waals surface area contributed by atoms with Crippen molar-refractivity contribution in [1.29, 1.82) is 0 Å². The maximum atomic E-state index is 11.4. The molecule has 0 saturated heterocycles. The molecule has 0 fully saturated rings. The largest absolute Gasteiger partial charge is 0.468 e. The van der Waals surface area contributed by atoms with E-state index in [1.807, 2.05) is 30.3 Å². The molecule has 4 nitrogen and oxygen atoms in total. The van der Waals surface area contributed by atoms with Crippen LogP contribution < -0.4 is 5.76 Å². The molecule has 18 heavy (non-hydrogen) atoms. The second-order valence-electron chi connectivity index (χ2n) is 4.03. The molecule has 5 heteroatoms. The number of hydrogen-bond donors (Lipinski definition) is 0. The number of fused-ring (bicyclic) bond motifs is 1. The van der Waals surface area contributed by atoms with Crippen LogP contribution in [0.4, 0.5) is 0 Å². The minimum Gasteiger partial charge on any atom is -0.468 e. The van der Waals surface area contributed by atoms with Gasteiger partial charge in [0.1, 0.15) is 5.76 Å². The summed E-state index contributed by atoms with van der Waals surface area (Å²) >= 11 is 3.56. The van der Waals surface area contributed by atoms with Gasteiger partial charge in [-0.15, -0.1) is 0 Å². The number of rotatable bonds is 2. The van der Waals surface area contributed by atoms with E-state index in [1.54, 1.807) is 13.3 Å². The van der Waals surface area contributed by atoms with Gasteiger partial charge in [-0.05, 0) is 29.8 Å². The van der Waals surface area contributed by atoms with Crippen molar-refractivity contribution in [2.24, 2.45) is 7.05 Å². The van der Waals surface area contributed by atoms with Gasteiger partial charge in [0, 0.05) is 7.05 Å². The minimum absolute atomic E-state index is 0.0533. The normalized spacial score (nSPS) is 13.0. The number of hydrogen-bond acceptors (Lipinski definition) is 3. The molecule has 0 N–H and O–H groups in total. The van der Waals surface area contributed by atoms with E-state index in [2.05, 4.69) is 15.9 Å². The molecule has 0 saturated carbocycles. The van der Waals surface area contributed by atoms with Crippen molar-refractivity contribution < 1.29 is 8.83 Å². The third-order valence-corrected chi connectivity index (χ3v) is 3.88. The Balaban J connectivity index is 2.11. The SMILES string of the molecule is Cn1c(=O)oc2cc(C(Br)c3ccco3)ccc21. The van der Waals surface area contributed by atoms with Crippen LogP contribution in [0.25, 0.3) is 11.1 Å². The second-order valence-corrected chi connectivity index (χ2v) is 4.95. The van der Waals surface area contributed by atoms with Crippen LogP contribution in [0.1, 0.15) is 16.2 Å². The number of aromatic nitrogens is 1. The maximum absolute atomic E-state index is 11.4. The fraction of sp³-hybridized carbons (Fsp3) is 0.154. The first-order chi connectivity index (χ1) is 8.66. The Bertz CT molecular complexity index is 739. The molecule has 0 bridgehead atoms. The van der Waals surface area contributed by atoms with E-state index in [0.29, 0.717) is 5.58 Å². The summed E-state index contributed by atoms with van der Waals surface area (Å²) in [6.07, 6.45) is 1.63. The van der Waals surface area contributed by atoms with Crippen LogP contribution in [0.2, 0.25) is 0 Å². The first-order valence-corrected chi connectivity index (χ1v) is 6.35. The molecule has 92 valence electrons. The smallest absolute Gasteiger partial charge is 0.419 e. The van der Waals surface area contributed by atoms with E-state index in [9.17, 15) is 4.79 Å². The lowest BCUT2D eigenvalue weighted by Gasteiger charge is -2.06. The summed E-state index contributed by atoms with van der Waals surface area (Å²) in [7, 11) is 1.69. The number of furan rings is 1. The number of alkyl halides is 1. The summed E-state index contributed by atoms with van der Waals surface area (Å²) in [4.78, 5) is 11.4. The van der Waals surface area contributed by atoms with Crippen LogP contribution in [0.5, 0.6) is 0 Å². The first-order valence-electron chi connectivity index (χ1n) is 5.44. The van der Waals surface area contributed by atoms with Gasteiger partial charge in [-0.25, -0.2) is 4.79 Å². The molecule has 0 aliphatic rings. The van der Waals surface area contributed by atoms with Crippen molar-refractivity contribution in [3.63, 3.8) is 0 Å². The van der Waals surface area contributed by atoms with Gasteiger partial charge in [0.25, 0.3) is 0 Å². The van der Waals surface area contributed by atoms with Crippen LogP contribution in [0, 0.1) is 0 Å². The number of nitrogens with zero attached hydrogens (tertiary/aromatic N) is 1. The van der Waals surface area contributed by atoms with E-state index < -0.39 is 0 Å². The number of aryl methyl sites for hydroxylation is 1. The Labute approximate surface area is 111 Å². The van der Waals surface area contributed by atoms with E-state index >= 15 is 0 Å². The Hall–Kier alpha value is -1.75. The molecule has 2 heterocycles. The molecular weight excluding hydrogens is 298 g/mol. The van der Waals surface area contributed by atoms with E-state index in [0.717, 1.165) is 16.8 Å². The van der Waals surface area contributed by atoms with Gasteiger partial charge in [0.05, 0.1) is 16.6 Å². The summed E-state index contributed by atoms with van der Waals surface area (Å²) in [6, 6.07) is 9.39. The molecule has 0 amide bonds. The highest BCUT2D eigenvalue weighted by atomic mass is 79.9. The van der Waals surface area contributed by atoms with Gasteiger partial charge in [-0.3, -0.25) is 4.57 Å². The minimum atomic E-state index is -0.355. The Morgan fingerprint density at radius 2 is 2.17 bits per heavy atom. The maximum Gasteiger partial charge on any atom is 0.419 e. The van der Waals surface area contributed by atoms with E-state index in [4.69, 9.17) is 8.83 Å². The number of benzene rings is 1. The Kier molecular flexibility index (Phi) is 2.63. The summed E-state index contributed by atoms with van der Waals surface area (Å²) in [5, 5.41) is 0. The zero-order valence-corrected chi connectivity index (χ0v) is 11.2. The van der Waals surface area contributed by atoms with E-state index in [1.165, 1.54) is 4.57 Å². The van der Waals surface area contributed by atoms with Crippen LogP contribution in [-0.4, -0.2) is 4.57 Å². The van der Waals surface area contributed by atoms with Gasteiger partial charge >= 0.3 is 5.76 Å². The topological polar surface area (TPSA) is 48.3 Å². The first kappa shape index (κ1) is 11.3. The van der Waals surface area contributed by atoms with Crippen LogP contribution in [-0.2, 0) is 7.05 Å². The standard InChI is InChI=1S/C13H10BrNO3/c1-15-9-5-4-8(7-11(9)18-13(15)16)12(14)10-3-2-6-17-10/h2-7,12H,1H3. The Morgan fingerprint density at radius 1 is 1.33 bits per heavy atom. The highest BCUT2D eigenvalue weighted by molar-refractivity contribution is 9.09. The number of oxazole rings is 1. The molecule has 0 spiro atoms. The van der Waals surface area contributed by atoms with Crippen molar-refractivity contribution in [3.05, 3.63) is 58.5 Å². The average Bonchev–Trinajstić information content (AvgIpc) is 2.98. The molecule has 1 atom stereocenters. The summed E-state index contributed by atoms with van der Waals surface area (Å²) in [5.41, 5.74) is 2.34. The van der Waals surface area contributed by atoms with E-state index in [-0.39, 0.29) is 10.6 Å². The van der Waals surface area contributed by atoms with Crippen molar-refractivity contribution in [3.8, 4) is 0 Å². The van der Waals surface area contributed by atoms with Crippen molar-refractivity contribution in [1.82, 2.24) is 4.57 Å². The lowest BCUT2D eigenvalue weighted by Crippen LogP contribution is -2.08. The molecule has 1 aromatic carbocycles. The van der Waals surface area contributed by atoms with Gasteiger partial charge in [-0.1, -0.05) is 22.0 Å². The highest BCUT2D eigenvalue weighted by Gasteiger charge is 2.15. The fourth-order valence-electron chi connectivity index (χ4n) is 1.91. The third-order valence-electron chi connectivity index (χ3n) is 2.90. The monoisotopic (exact) mass is 307 g/mol. The molecular formula is C13H10BrNO3. The third kappa shape index (κ3) is 1.71. The molecule has 1 unspecified atom stereocenters. The number of halogens is 1. The predicted molar refractivity (Wildman–Crippen MR) is 70.9 cm³/mol. The van der Waals surface area contributed by atoms with Crippen molar-refractivity contribution >= 4 is 27.0 Å². The van der Waals surface area contributed by atoms with Crippen molar-refractivity contribution in [2.45, 2.75) is 4.83 Å². The van der Waals surface area contributed by atoms with Gasteiger partial charge < -0.3 is 8.83 Å². The summed E-state index contributed by atoms with van der Waals surface area (Å²) in [6.45, 7) is 0. The van der Waals surface area contributed by atoms with Gasteiger partial charge in [-0.2, -0.15) is 0 Å². The molecule has 0 radical (unpaired) electrons. The molecule has 3 rings (SSSR count). The second kappa shape index (κ2) is 4.17. The highest BCUT2D eigenvalue weighted by Crippen LogP contribution is 2.32. The molecule has 0 aliphatic carbocycles. The van der Waals surface area contributed by atoms with Gasteiger partial charge in [0.2, 0.25) is 0 Å².